The Bertz CT molecular complexity index is 660. The molecule has 0 atom stereocenters. The van der Waals surface area contributed by atoms with E-state index < -0.39 is 0 Å². The van der Waals surface area contributed by atoms with Crippen molar-refractivity contribution in [3.63, 3.8) is 0 Å². The molecule has 1 aromatic carbocycles. The van der Waals surface area contributed by atoms with E-state index in [2.05, 4.69) is 15.7 Å². The van der Waals surface area contributed by atoms with E-state index in [0.717, 1.165) is 0 Å². The SMILES string of the molecule is NNc1ccnc(C(=O)Nc2ccc3c(c2)OCO3)c1. The van der Waals surface area contributed by atoms with Crippen LogP contribution in [0.2, 0.25) is 0 Å². The molecule has 102 valence electrons. The van der Waals surface area contributed by atoms with Crippen molar-refractivity contribution in [2.24, 2.45) is 5.84 Å². The molecule has 7 nitrogen and oxygen atoms in total. The van der Waals surface area contributed by atoms with E-state index in [9.17, 15) is 4.79 Å². The molecule has 1 amide bonds. The third-order valence-electron chi connectivity index (χ3n) is 2.79. The van der Waals surface area contributed by atoms with E-state index in [-0.39, 0.29) is 18.4 Å². The highest BCUT2D eigenvalue weighted by molar-refractivity contribution is 6.03. The number of pyridine rings is 1. The number of amides is 1. The van der Waals surface area contributed by atoms with Crippen LogP contribution in [0.5, 0.6) is 11.5 Å². The summed E-state index contributed by atoms with van der Waals surface area (Å²) in [6.45, 7) is 0.193. The van der Waals surface area contributed by atoms with Crippen LogP contribution in [0.1, 0.15) is 10.5 Å². The number of hydrogen-bond donors (Lipinski definition) is 3. The van der Waals surface area contributed by atoms with Crippen molar-refractivity contribution >= 4 is 17.3 Å². The van der Waals surface area contributed by atoms with E-state index in [1.807, 2.05) is 0 Å². The van der Waals surface area contributed by atoms with Gasteiger partial charge in [0.15, 0.2) is 11.5 Å². The largest absolute Gasteiger partial charge is 0.454 e. The summed E-state index contributed by atoms with van der Waals surface area (Å²) in [5, 5.41) is 2.73. The molecule has 0 spiro atoms. The average Bonchev–Trinajstić information content (AvgIpc) is 2.95. The maximum atomic E-state index is 12.1. The molecule has 0 aliphatic carbocycles. The van der Waals surface area contributed by atoms with Crippen molar-refractivity contribution in [2.75, 3.05) is 17.5 Å². The minimum Gasteiger partial charge on any atom is -0.454 e. The first kappa shape index (κ1) is 12.2. The summed E-state index contributed by atoms with van der Waals surface area (Å²) < 4.78 is 10.5. The normalized spacial score (nSPS) is 12.1. The lowest BCUT2D eigenvalue weighted by molar-refractivity contribution is 0.102. The Kier molecular flexibility index (Phi) is 3.10. The van der Waals surface area contributed by atoms with Gasteiger partial charge in [-0.05, 0) is 24.3 Å². The summed E-state index contributed by atoms with van der Waals surface area (Å²) in [4.78, 5) is 16.1. The van der Waals surface area contributed by atoms with Gasteiger partial charge in [0.1, 0.15) is 5.69 Å². The molecule has 0 fully saturated rings. The molecule has 1 aliphatic heterocycles. The first-order valence-corrected chi connectivity index (χ1v) is 5.90. The minimum absolute atomic E-state index is 0.193. The number of hydrogen-bond acceptors (Lipinski definition) is 6. The van der Waals surface area contributed by atoms with Crippen LogP contribution in [-0.4, -0.2) is 17.7 Å². The molecule has 7 heteroatoms. The first-order valence-electron chi connectivity index (χ1n) is 5.90. The third-order valence-corrected chi connectivity index (χ3v) is 2.79. The standard InChI is InChI=1S/C13H12N4O3/c14-17-9-3-4-15-10(5-9)13(18)16-8-1-2-11-12(6-8)20-7-19-11/h1-6H,7,14H2,(H,15,17)(H,16,18). The summed E-state index contributed by atoms with van der Waals surface area (Å²) in [5.74, 6) is 6.23. The van der Waals surface area contributed by atoms with Gasteiger partial charge in [0.25, 0.3) is 5.91 Å². The predicted octanol–water partition coefficient (Wildman–Crippen LogP) is 1.35. The number of carbonyl (C=O) groups excluding carboxylic acids is 1. The van der Waals surface area contributed by atoms with Crippen molar-refractivity contribution in [3.8, 4) is 11.5 Å². The summed E-state index contributed by atoms with van der Waals surface area (Å²) in [7, 11) is 0. The Balaban J connectivity index is 1.78. The number of benzene rings is 1. The van der Waals surface area contributed by atoms with Gasteiger partial charge in [-0.25, -0.2) is 0 Å². The van der Waals surface area contributed by atoms with E-state index in [1.54, 1.807) is 30.3 Å². The number of aromatic nitrogens is 1. The Morgan fingerprint density at radius 3 is 2.85 bits per heavy atom. The van der Waals surface area contributed by atoms with Crippen LogP contribution in [0, 0.1) is 0 Å². The number of carbonyl (C=O) groups is 1. The molecule has 4 N–H and O–H groups in total. The van der Waals surface area contributed by atoms with Crippen molar-refractivity contribution in [1.29, 1.82) is 0 Å². The van der Waals surface area contributed by atoms with E-state index in [0.29, 0.717) is 22.9 Å². The van der Waals surface area contributed by atoms with Gasteiger partial charge in [0.05, 0.1) is 5.69 Å². The lowest BCUT2D eigenvalue weighted by Gasteiger charge is -2.06. The van der Waals surface area contributed by atoms with E-state index in [4.69, 9.17) is 15.3 Å². The van der Waals surface area contributed by atoms with Gasteiger partial charge in [-0.2, -0.15) is 0 Å². The second-order valence-corrected chi connectivity index (χ2v) is 4.10. The number of anilines is 2. The Hall–Kier alpha value is -2.80. The van der Waals surface area contributed by atoms with Gasteiger partial charge < -0.3 is 20.2 Å². The van der Waals surface area contributed by atoms with Crippen LogP contribution in [0.3, 0.4) is 0 Å². The predicted molar refractivity (Wildman–Crippen MR) is 72.6 cm³/mol. The van der Waals surface area contributed by atoms with Crippen LogP contribution in [0.25, 0.3) is 0 Å². The smallest absolute Gasteiger partial charge is 0.274 e. The number of ether oxygens (including phenoxy) is 2. The van der Waals surface area contributed by atoms with Crippen LogP contribution >= 0.6 is 0 Å². The van der Waals surface area contributed by atoms with Gasteiger partial charge in [-0.1, -0.05) is 0 Å². The second kappa shape index (κ2) is 5.06. The number of nitrogens with one attached hydrogen (secondary N) is 2. The molecular formula is C13H12N4O3. The molecule has 2 aromatic rings. The van der Waals surface area contributed by atoms with Gasteiger partial charge in [-0.15, -0.1) is 0 Å². The van der Waals surface area contributed by atoms with E-state index in [1.165, 1.54) is 6.20 Å². The zero-order valence-electron chi connectivity index (χ0n) is 10.4. The number of nitrogen functional groups attached to an aromatic ring is 1. The molecule has 1 aliphatic rings. The van der Waals surface area contributed by atoms with Crippen molar-refractivity contribution in [2.45, 2.75) is 0 Å². The van der Waals surface area contributed by atoms with Crippen molar-refractivity contribution in [3.05, 3.63) is 42.2 Å². The molecule has 1 aromatic heterocycles. The number of rotatable bonds is 3. The Morgan fingerprint density at radius 1 is 1.15 bits per heavy atom. The molecule has 3 rings (SSSR count). The van der Waals surface area contributed by atoms with Crippen LogP contribution in [0.4, 0.5) is 11.4 Å². The molecule has 2 heterocycles. The second-order valence-electron chi connectivity index (χ2n) is 4.10. The maximum Gasteiger partial charge on any atom is 0.274 e. The fourth-order valence-electron chi connectivity index (χ4n) is 1.81. The zero-order valence-corrected chi connectivity index (χ0v) is 10.4. The van der Waals surface area contributed by atoms with E-state index >= 15 is 0 Å². The fourth-order valence-corrected chi connectivity index (χ4v) is 1.81. The first-order chi connectivity index (χ1) is 9.76. The molecule has 0 unspecified atom stereocenters. The highest BCUT2D eigenvalue weighted by Crippen LogP contribution is 2.34. The quantitative estimate of drug-likeness (QED) is 0.576. The highest BCUT2D eigenvalue weighted by atomic mass is 16.7. The molecule has 0 bridgehead atoms. The van der Waals surface area contributed by atoms with Crippen LogP contribution in [-0.2, 0) is 0 Å². The monoisotopic (exact) mass is 272 g/mol. The number of nitrogens with two attached hydrogens (primary N) is 1. The number of nitrogens with zero attached hydrogens (tertiary/aromatic N) is 1. The Labute approximate surface area is 114 Å². The van der Waals surface area contributed by atoms with Gasteiger partial charge in [-0.3, -0.25) is 15.6 Å². The minimum atomic E-state index is -0.332. The molecular weight excluding hydrogens is 260 g/mol. The summed E-state index contributed by atoms with van der Waals surface area (Å²) in [6.07, 6.45) is 1.50. The topological polar surface area (TPSA) is 98.5 Å². The highest BCUT2D eigenvalue weighted by Gasteiger charge is 2.15. The van der Waals surface area contributed by atoms with Crippen molar-refractivity contribution in [1.82, 2.24) is 4.98 Å². The summed E-state index contributed by atoms with van der Waals surface area (Å²) >= 11 is 0. The molecule has 0 saturated carbocycles. The zero-order chi connectivity index (χ0) is 13.9. The average molecular weight is 272 g/mol. The van der Waals surface area contributed by atoms with Gasteiger partial charge in [0, 0.05) is 18.0 Å². The summed E-state index contributed by atoms with van der Waals surface area (Å²) in [6, 6.07) is 8.39. The summed E-state index contributed by atoms with van der Waals surface area (Å²) in [5.41, 5.74) is 3.94. The third kappa shape index (κ3) is 2.34. The fraction of sp³-hybridized carbons (Fsp3) is 0.0769. The lowest BCUT2D eigenvalue weighted by Crippen LogP contribution is -2.15. The van der Waals surface area contributed by atoms with Crippen LogP contribution in [0.15, 0.2) is 36.5 Å². The number of hydrazine groups is 1. The van der Waals surface area contributed by atoms with Crippen LogP contribution < -0.4 is 26.1 Å². The molecule has 0 saturated heterocycles. The lowest BCUT2D eigenvalue weighted by atomic mass is 10.2. The molecule has 0 radical (unpaired) electrons. The van der Waals surface area contributed by atoms with Gasteiger partial charge >= 0.3 is 0 Å². The van der Waals surface area contributed by atoms with Crippen molar-refractivity contribution < 1.29 is 14.3 Å². The number of fused-ring (bicyclic) bond motifs is 1. The maximum absolute atomic E-state index is 12.1. The van der Waals surface area contributed by atoms with Gasteiger partial charge in [0.2, 0.25) is 6.79 Å². The Morgan fingerprint density at radius 2 is 2.00 bits per heavy atom. The molecule has 20 heavy (non-hydrogen) atoms.